The van der Waals surface area contributed by atoms with Crippen molar-refractivity contribution in [1.29, 1.82) is 0 Å². The highest BCUT2D eigenvalue weighted by molar-refractivity contribution is 7.11. The van der Waals surface area contributed by atoms with E-state index in [0.717, 1.165) is 9.88 Å². The minimum absolute atomic E-state index is 0.208. The molecule has 2 heterocycles. The summed E-state index contributed by atoms with van der Waals surface area (Å²) in [6.45, 7) is 3.99. The van der Waals surface area contributed by atoms with E-state index in [1.54, 1.807) is 18.2 Å². The molecule has 19 heavy (non-hydrogen) atoms. The van der Waals surface area contributed by atoms with Gasteiger partial charge in [0.25, 0.3) is 5.91 Å². The molecule has 0 saturated heterocycles. The third-order valence-corrected chi connectivity index (χ3v) is 3.64. The normalized spacial score (nSPS) is 12.5. The Balaban J connectivity index is 1.81. The van der Waals surface area contributed by atoms with E-state index in [4.69, 9.17) is 9.47 Å². The number of benzene rings is 1. The van der Waals surface area contributed by atoms with Crippen LogP contribution >= 0.6 is 11.3 Å². The SMILES string of the molecule is Cc1nc(C(=O)Nc2ccc3c(c2)OCO3)c(C)s1. The predicted octanol–water partition coefficient (Wildman–Crippen LogP) is 2.74. The van der Waals surface area contributed by atoms with Gasteiger partial charge in [-0.1, -0.05) is 0 Å². The minimum Gasteiger partial charge on any atom is -0.454 e. The van der Waals surface area contributed by atoms with Gasteiger partial charge in [-0.05, 0) is 26.0 Å². The number of fused-ring (bicyclic) bond motifs is 1. The summed E-state index contributed by atoms with van der Waals surface area (Å²) in [5, 5.41) is 3.69. The topological polar surface area (TPSA) is 60.5 Å². The number of nitrogens with zero attached hydrogens (tertiary/aromatic N) is 1. The third-order valence-electron chi connectivity index (χ3n) is 2.75. The number of aromatic nitrogens is 1. The molecule has 1 aromatic carbocycles. The zero-order valence-electron chi connectivity index (χ0n) is 10.5. The fraction of sp³-hybridized carbons (Fsp3) is 0.231. The molecule has 2 aromatic rings. The largest absolute Gasteiger partial charge is 0.454 e. The molecule has 1 amide bonds. The van der Waals surface area contributed by atoms with Crippen LogP contribution in [0.4, 0.5) is 5.69 Å². The summed E-state index contributed by atoms with van der Waals surface area (Å²) in [6.07, 6.45) is 0. The molecule has 5 nitrogen and oxygen atoms in total. The Kier molecular flexibility index (Phi) is 2.87. The molecule has 0 aliphatic carbocycles. The van der Waals surface area contributed by atoms with Crippen molar-refractivity contribution in [3.05, 3.63) is 33.8 Å². The zero-order chi connectivity index (χ0) is 13.4. The summed E-state index contributed by atoms with van der Waals surface area (Å²) in [5.41, 5.74) is 1.14. The molecule has 0 unspecified atom stereocenters. The number of carbonyl (C=O) groups is 1. The summed E-state index contributed by atoms with van der Waals surface area (Å²) in [6, 6.07) is 5.30. The molecular formula is C13H12N2O3S. The third kappa shape index (κ3) is 2.26. The maximum Gasteiger partial charge on any atom is 0.275 e. The van der Waals surface area contributed by atoms with Gasteiger partial charge in [-0.2, -0.15) is 0 Å². The van der Waals surface area contributed by atoms with Crippen molar-refractivity contribution in [3.8, 4) is 11.5 Å². The average molecular weight is 276 g/mol. The summed E-state index contributed by atoms with van der Waals surface area (Å²) < 4.78 is 10.5. The number of ether oxygens (including phenoxy) is 2. The maximum absolute atomic E-state index is 12.1. The molecule has 1 aromatic heterocycles. The molecule has 1 N–H and O–H groups in total. The molecule has 0 saturated carbocycles. The summed E-state index contributed by atoms with van der Waals surface area (Å²) in [5.74, 6) is 1.13. The lowest BCUT2D eigenvalue weighted by atomic mass is 10.2. The first-order valence-corrected chi connectivity index (χ1v) is 6.60. The molecule has 0 spiro atoms. The molecule has 0 bridgehead atoms. The maximum atomic E-state index is 12.1. The quantitative estimate of drug-likeness (QED) is 0.916. The molecule has 3 rings (SSSR count). The van der Waals surface area contributed by atoms with Gasteiger partial charge in [-0.3, -0.25) is 4.79 Å². The van der Waals surface area contributed by atoms with Gasteiger partial charge in [-0.15, -0.1) is 11.3 Å². The highest BCUT2D eigenvalue weighted by Crippen LogP contribution is 2.34. The van der Waals surface area contributed by atoms with E-state index in [2.05, 4.69) is 10.3 Å². The second-order valence-electron chi connectivity index (χ2n) is 4.16. The zero-order valence-corrected chi connectivity index (χ0v) is 11.3. The molecule has 0 fully saturated rings. The fourth-order valence-electron chi connectivity index (χ4n) is 1.90. The van der Waals surface area contributed by atoms with E-state index in [1.165, 1.54) is 11.3 Å². The van der Waals surface area contributed by atoms with Crippen LogP contribution in [0.2, 0.25) is 0 Å². The number of rotatable bonds is 2. The Labute approximate surface area is 114 Å². The first-order chi connectivity index (χ1) is 9.13. The Morgan fingerprint density at radius 3 is 2.84 bits per heavy atom. The van der Waals surface area contributed by atoms with Crippen LogP contribution in [0.3, 0.4) is 0 Å². The fourth-order valence-corrected chi connectivity index (χ4v) is 2.72. The standard InChI is InChI=1S/C13H12N2O3S/c1-7-12(14-8(2)19-7)13(16)15-9-3-4-10-11(5-9)18-6-17-10/h3-5H,6H2,1-2H3,(H,15,16). The van der Waals surface area contributed by atoms with Crippen molar-refractivity contribution < 1.29 is 14.3 Å². The Morgan fingerprint density at radius 2 is 2.11 bits per heavy atom. The van der Waals surface area contributed by atoms with Crippen molar-refractivity contribution >= 4 is 22.9 Å². The van der Waals surface area contributed by atoms with Crippen LogP contribution in [0, 0.1) is 13.8 Å². The second kappa shape index (κ2) is 4.55. The van der Waals surface area contributed by atoms with E-state index in [9.17, 15) is 4.79 Å². The van der Waals surface area contributed by atoms with Crippen molar-refractivity contribution in [2.75, 3.05) is 12.1 Å². The van der Waals surface area contributed by atoms with Gasteiger partial charge < -0.3 is 14.8 Å². The van der Waals surface area contributed by atoms with E-state index in [0.29, 0.717) is 22.9 Å². The van der Waals surface area contributed by atoms with Crippen molar-refractivity contribution in [2.24, 2.45) is 0 Å². The van der Waals surface area contributed by atoms with Gasteiger partial charge in [0.2, 0.25) is 6.79 Å². The van der Waals surface area contributed by atoms with Crippen LogP contribution in [0.5, 0.6) is 11.5 Å². The first-order valence-electron chi connectivity index (χ1n) is 5.78. The van der Waals surface area contributed by atoms with Gasteiger partial charge in [0, 0.05) is 16.6 Å². The van der Waals surface area contributed by atoms with Crippen molar-refractivity contribution in [1.82, 2.24) is 4.98 Å². The van der Waals surface area contributed by atoms with E-state index < -0.39 is 0 Å². The molecule has 6 heteroatoms. The number of carbonyl (C=O) groups excluding carboxylic acids is 1. The van der Waals surface area contributed by atoms with Gasteiger partial charge in [0.15, 0.2) is 11.5 Å². The molecule has 1 aliphatic heterocycles. The number of thiazole rings is 1. The second-order valence-corrected chi connectivity index (χ2v) is 5.57. The van der Waals surface area contributed by atoms with E-state index in [1.807, 2.05) is 13.8 Å². The lowest BCUT2D eigenvalue weighted by Gasteiger charge is -2.05. The Morgan fingerprint density at radius 1 is 1.32 bits per heavy atom. The summed E-state index contributed by atoms with van der Waals surface area (Å²) in [4.78, 5) is 17.3. The lowest BCUT2D eigenvalue weighted by Crippen LogP contribution is -2.13. The number of hydrogen-bond acceptors (Lipinski definition) is 5. The average Bonchev–Trinajstić information content (AvgIpc) is 2.94. The first kappa shape index (κ1) is 12.0. The molecular weight excluding hydrogens is 264 g/mol. The van der Waals surface area contributed by atoms with Crippen LogP contribution in [0.1, 0.15) is 20.4 Å². The van der Waals surface area contributed by atoms with Crippen molar-refractivity contribution in [3.63, 3.8) is 0 Å². The number of anilines is 1. The summed E-state index contributed by atoms with van der Waals surface area (Å²) >= 11 is 1.51. The van der Waals surface area contributed by atoms with Crippen LogP contribution < -0.4 is 14.8 Å². The molecule has 0 atom stereocenters. The minimum atomic E-state index is -0.208. The van der Waals surface area contributed by atoms with Gasteiger partial charge in [0.05, 0.1) is 5.01 Å². The number of hydrogen-bond donors (Lipinski definition) is 1. The molecule has 0 radical (unpaired) electrons. The van der Waals surface area contributed by atoms with Crippen LogP contribution in [-0.2, 0) is 0 Å². The Hall–Kier alpha value is -2.08. The van der Waals surface area contributed by atoms with Crippen LogP contribution in [0.25, 0.3) is 0 Å². The van der Waals surface area contributed by atoms with Gasteiger partial charge >= 0.3 is 0 Å². The predicted molar refractivity (Wildman–Crippen MR) is 72.1 cm³/mol. The number of nitrogens with one attached hydrogen (secondary N) is 1. The highest BCUT2D eigenvalue weighted by atomic mass is 32.1. The lowest BCUT2D eigenvalue weighted by molar-refractivity contribution is 0.102. The number of aryl methyl sites for hydroxylation is 2. The molecule has 1 aliphatic rings. The van der Waals surface area contributed by atoms with Gasteiger partial charge in [-0.25, -0.2) is 4.98 Å². The van der Waals surface area contributed by atoms with Gasteiger partial charge in [0.1, 0.15) is 5.69 Å². The monoisotopic (exact) mass is 276 g/mol. The van der Waals surface area contributed by atoms with Crippen LogP contribution in [-0.4, -0.2) is 17.7 Å². The van der Waals surface area contributed by atoms with E-state index in [-0.39, 0.29) is 12.7 Å². The van der Waals surface area contributed by atoms with Crippen molar-refractivity contribution in [2.45, 2.75) is 13.8 Å². The smallest absolute Gasteiger partial charge is 0.275 e. The number of amides is 1. The highest BCUT2D eigenvalue weighted by Gasteiger charge is 2.17. The Bertz CT molecular complexity index is 651. The van der Waals surface area contributed by atoms with Crippen LogP contribution in [0.15, 0.2) is 18.2 Å². The summed E-state index contributed by atoms with van der Waals surface area (Å²) in [7, 11) is 0. The molecule has 98 valence electrons. The van der Waals surface area contributed by atoms with E-state index >= 15 is 0 Å².